The molecule has 6 heteroatoms. The lowest BCUT2D eigenvalue weighted by Crippen LogP contribution is -2.47. The number of rotatable bonds is 4. The number of benzene rings is 1. The minimum absolute atomic E-state index is 0.0324. The number of aromatic amines is 1. The van der Waals surface area contributed by atoms with Gasteiger partial charge in [-0.2, -0.15) is 0 Å². The van der Waals surface area contributed by atoms with Crippen molar-refractivity contribution >= 4 is 22.7 Å². The number of carbonyl (C=O) groups excluding carboxylic acids is 2. The summed E-state index contributed by atoms with van der Waals surface area (Å²) >= 11 is 0. The van der Waals surface area contributed by atoms with Gasteiger partial charge in [0.25, 0.3) is 0 Å². The number of nitrogens with one attached hydrogen (secondary N) is 2. The van der Waals surface area contributed by atoms with Crippen molar-refractivity contribution in [3.63, 3.8) is 0 Å². The van der Waals surface area contributed by atoms with Gasteiger partial charge in [0.05, 0.1) is 6.42 Å². The lowest BCUT2D eigenvalue weighted by molar-refractivity contribution is -0.138. The third-order valence-electron chi connectivity index (χ3n) is 5.21. The van der Waals surface area contributed by atoms with Gasteiger partial charge < -0.3 is 15.2 Å². The Morgan fingerprint density at radius 1 is 1.32 bits per heavy atom. The number of halogens is 1. The molecule has 2 amide bonds. The third-order valence-corrected chi connectivity index (χ3v) is 5.21. The van der Waals surface area contributed by atoms with Crippen molar-refractivity contribution in [2.75, 3.05) is 6.54 Å². The van der Waals surface area contributed by atoms with E-state index < -0.39 is 0 Å². The first-order valence-electron chi connectivity index (χ1n) is 8.89. The summed E-state index contributed by atoms with van der Waals surface area (Å²) in [6.45, 7) is 2.50. The topological polar surface area (TPSA) is 65.2 Å². The zero-order valence-corrected chi connectivity index (χ0v) is 14.3. The van der Waals surface area contributed by atoms with Crippen LogP contribution >= 0.6 is 0 Å². The Morgan fingerprint density at radius 2 is 2.12 bits per heavy atom. The molecule has 2 aliphatic rings. The average Bonchev–Trinajstić information content (AvgIpc) is 3.15. The predicted molar refractivity (Wildman–Crippen MR) is 92.6 cm³/mol. The van der Waals surface area contributed by atoms with Crippen LogP contribution in [0.1, 0.15) is 36.9 Å². The molecule has 1 saturated carbocycles. The SMILES string of the molecule is Cc1[nH]c2ccc(F)cc2c1CC(=O)N1CCC[C@@H]1C(=O)NC1CC1. The van der Waals surface area contributed by atoms with Crippen LogP contribution in [-0.2, 0) is 16.0 Å². The van der Waals surface area contributed by atoms with Crippen molar-refractivity contribution < 1.29 is 14.0 Å². The molecule has 1 atom stereocenters. The number of hydrogen-bond donors (Lipinski definition) is 2. The predicted octanol–water partition coefficient (Wildman–Crippen LogP) is 2.43. The molecule has 1 aromatic heterocycles. The first-order valence-corrected chi connectivity index (χ1v) is 8.89. The number of carbonyl (C=O) groups is 2. The molecule has 2 fully saturated rings. The Bertz CT molecular complexity index is 841. The number of nitrogens with zero attached hydrogens (tertiary/aromatic N) is 1. The van der Waals surface area contributed by atoms with E-state index in [-0.39, 0.29) is 30.1 Å². The fourth-order valence-corrected chi connectivity index (χ4v) is 3.70. The molecule has 2 aromatic rings. The summed E-state index contributed by atoms with van der Waals surface area (Å²) in [4.78, 5) is 30.1. The van der Waals surface area contributed by atoms with Gasteiger partial charge in [0, 0.05) is 29.2 Å². The maximum atomic E-state index is 13.6. The number of aryl methyl sites for hydroxylation is 1. The highest BCUT2D eigenvalue weighted by Gasteiger charge is 2.36. The Kier molecular flexibility index (Phi) is 3.98. The normalized spacial score (nSPS) is 20.2. The van der Waals surface area contributed by atoms with Crippen molar-refractivity contribution in [1.82, 2.24) is 15.2 Å². The number of amides is 2. The lowest BCUT2D eigenvalue weighted by Gasteiger charge is -2.24. The summed E-state index contributed by atoms with van der Waals surface area (Å²) in [6.07, 6.45) is 3.81. The van der Waals surface area contributed by atoms with Crippen molar-refractivity contribution in [3.05, 3.63) is 35.3 Å². The smallest absolute Gasteiger partial charge is 0.243 e. The van der Waals surface area contributed by atoms with Crippen LogP contribution in [-0.4, -0.2) is 40.3 Å². The van der Waals surface area contributed by atoms with E-state index in [4.69, 9.17) is 0 Å². The maximum Gasteiger partial charge on any atom is 0.243 e. The van der Waals surface area contributed by atoms with Crippen LogP contribution in [0.4, 0.5) is 4.39 Å². The lowest BCUT2D eigenvalue weighted by atomic mass is 10.1. The molecule has 1 aromatic carbocycles. The van der Waals surface area contributed by atoms with E-state index in [2.05, 4.69) is 10.3 Å². The van der Waals surface area contributed by atoms with Gasteiger partial charge in [-0.15, -0.1) is 0 Å². The van der Waals surface area contributed by atoms with E-state index in [0.717, 1.165) is 41.4 Å². The fraction of sp³-hybridized carbons (Fsp3) is 0.474. The fourth-order valence-electron chi connectivity index (χ4n) is 3.70. The zero-order chi connectivity index (χ0) is 17.6. The second-order valence-electron chi connectivity index (χ2n) is 7.12. The molecule has 2 heterocycles. The summed E-state index contributed by atoms with van der Waals surface area (Å²) in [5.74, 6) is -0.417. The summed E-state index contributed by atoms with van der Waals surface area (Å²) in [6, 6.07) is 4.48. The molecular formula is C19H22FN3O2. The van der Waals surface area contributed by atoms with Gasteiger partial charge in [-0.25, -0.2) is 4.39 Å². The van der Waals surface area contributed by atoms with Crippen LogP contribution in [0.3, 0.4) is 0 Å². The third kappa shape index (κ3) is 3.13. The van der Waals surface area contributed by atoms with E-state index >= 15 is 0 Å². The van der Waals surface area contributed by atoms with E-state index in [1.165, 1.54) is 12.1 Å². The molecule has 0 spiro atoms. The van der Waals surface area contributed by atoms with Crippen molar-refractivity contribution in [3.8, 4) is 0 Å². The van der Waals surface area contributed by atoms with Crippen LogP contribution in [0.15, 0.2) is 18.2 Å². The largest absolute Gasteiger partial charge is 0.358 e. The van der Waals surface area contributed by atoms with Crippen molar-refractivity contribution in [1.29, 1.82) is 0 Å². The van der Waals surface area contributed by atoms with Gasteiger partial charge in [0.15, 0.2) is 0 Å². The molecular weight excluding hydrogens is 321 g/mol. The Morgan fingerprint density at radius 3 is 2.88 bits per heavy atom. The van der Waals surface area contributed by atoms with E-state index in [1.54, 1.807) is 11.0 Å². The second kappa shape index (κ2) is 6.17. The molecule has 0 bridgehead atoms. The first-order chi connectivity index (χ1) is 12.0. The highest BCUT2D eigenvalue weighted by molar-refractivity contribution is 5.93. The van der Waals surface area contributed by atoms with Gasteiger partial charge in [-0.3, -0.25) is 9.59 Å². The van der Waals surface area contributed by atoms with Crippen molar-refractivity contribution in [2.24, 2.45) is 0 Å². The summed E-state index contributed by atoms with van der Waals surface area (Å²) in [5, 5.41) is 3.74. The molecule has 5 nitrogen and oxygen atoms in total. The van der Waals surface area contributed by atoms with E-state index in [9.17, 15) is 14.0 Å². The summed E-state index contributed by atoms with van der Waals surface area (Å²) < 4.78 is 13.6. The minimum atomic E-state index is -0.365. The molecule has 0 radical (unpaired) electrons. The van der Waals surface area contributed by atoms with Gasteiger partial charge in [-0.1, -0.05) is 0 Å². The van der Waals surface area contributed by atoms with Gasteiger partial charge in [-0.05, 0) is 56.4 Å². The van der Waals surface area contributed by atoms with Gasteiger partial charge in [0.1, 0.15) is 11.9 Å². The molecule has 1 aliphatic carbocycles. The summed E-state index contributed by atoms with van der Waals surface area (Å²) in [7, 11) is 0. The number of aromatic nitrogens is 1. The minimum Gasteiger partial charge on any atom is -0.358 e. The first kappa shape index (κ1) is 16.1. The number of fused-ring (bicyclic) bond motifs is 1. The second-order valence-corrected chi connectivity index (χ2v) is 7.12. The number of H-pyrrole nitrogens is 1. The Labute approximate surface area is 145 Å². The van der Waals surface area contributed by atoms with E-state index in [0.29, 0.717) is 19.0 Å². The van der Waals surface area contributed by atoms with Crippen LogP contribution in [0.5, 0.6) is 0 Å². The highest BCUT2D eigenvalue weighted by atomic mass is 19.1. The zero-order valence-electron chi connectivity index (χ0n) is 14.3. The van der Waals surface area contributed by atoms with Crippen LogP contribution in [0.2, 0.25) is 0 Å². The monoisotopic (exact) mass is 343 g/mol. The molecule has 132 valence electrons. The van der Waals surface area contributed by atoms with Gasteiger partial charge in [0.2, 0.25) is 11.8 Å². The van der Waals surface area contributed by atoms with Gasteiger partial charge >= 0.3 is 0 Å². The Balaban J connectivity index is 1.54. The molecule has 1 saturated heterocycles. The summed E-state index contributed by atoms with van der Waals surface area (Å²) in [5.41, 5.74) is 2.51. The number of likely N-dealkylation sites (tertiary alicyclic amines) is 1. The quantitative estimate of drug-likeness (QED) is 0.895. The molecule has 0 unspecified atom stereocenters. The number of hydrogen-bond acceptors (Lipinski definition) is 2. The maximum absolute atomic E-state index is 13.6. The van der Waals surface area contributed by atoms with Crippen LogP contribution in [0.25, 0.3) is 10.9 Å². The molecule has 1 aliphatic heterocycles. The standard InChI is InChI=1S/C19H22FN3O2/c1-11-14(15-9-12(20)4-7-16(15)21-11)10-18(24)23-8-2-3-17(23)19(25)22-13-5-6-13/h4,7,9,13,17,21H,2-3,5-6,8,10H2,1H3,(H,22,25)/t17-/m1/s1. The average molecular weight is 343 g/mol. The molecule has 2 N–H and O–H groups in total. The highest BCUT2D eigenvalue weighted by Crippen LogP contribution is 2.26. The van der Waals surface area contributed by atoms with Crippen molar-refractivity contribution in [2.45, 2.75) is 51.1 Å². The Hall–Kier alpha value is -2.37. The molecule has 4 rings (SSSR count). The van der Waals surface area contributed by atoms with E-state index in [1.807, 2.05) is 6.92 Å². The molecule has 25 heavy (non-hydrogen) atoms. The van der Waals surface area contributed by atoms with Crippen LogP contribution < -0.4 is 5.32 Å². The van der Waals surface area contributed by atoms with Crippen LogP contribution in [0, 0.1) is 12.7 Å².